The normalized spacial score (nSPS) is 11.5. The summed E-state index contributed by atoms with van der Waals surface area (Å²) in [5, 5.41) is 11.6. The maximum absolute atomic E-state index is 13.3. The first-order chi connectivity index (χ1) is 12.5. The summed E-state index contributed by atoms with van der Waals surface area (Å²) in [7, 11) is 0. The Hall–Kier alpha value is -2.66. The van der Waals surface area contributed by atoms with E-state index in [9.17, 15) is 9.90 Å². The summed E-state index contributed by atoms with van der Waals surface area (Å²) >= 11 is 1.49. The minimum atomic E-state index is -0.0942. The lowest BCUT2D eigenvalue weighted by atomic mass is 10.0. The number of rotatable bonds is 3. The van der Waals surface area contributed by atoms with Crippen molar-refractivity contribution in [3.63, 3.8) is 0 Å². The Morgan fingerprint density at radius 3 is 2.73 bits per heavy atom. The SMILES string of the molecule is CCCc1cc2c(=O)c(-c3nc4ccccc4s3)c(C)oc2c(C)c1O. The lowest BCUT2D eigenvalue weighted by molar-refractivity contribution is 0.461. The van der Waals surface area contributed by atoms with Gasteiger partial charge in [-0.15, -0.1) is 11.3 Å². The average molecular weight is 365 g/mol. The monoisotopic (exact) mass is 365 g/mol. The van der Waals surface area contributed by atoms with Crippen molar-refractivity contribution < 1.29 is 9.52 Å². The molecule has 0 saturated heterocycles. The van der Waals surface area contributed by atoms with Crippen molar-refractivity contribution in [1.29, 1.82) is 0 Å². The molecule has 2 aromatic heterocycles. The van der Waals surface area contributed by atoms with E-state index in [4.69, 9.17) is 4.42 Å². The molecule has 2 aromatic carbocycles. The predicted octanol–water partition coefficient (Wildman–Crippen LogP) is 5.34. The van der Waals surface area contributed by atoms with Crippen molar-refractivity contribution in [3.8, 4) is 16.3 Å². The number of hydrogen-bond acceptors (Lipinski definition) is 5. The van der Waals surface area contributed by atoms with E-state index in [-0.39, 0.29) is 11.2 Å². The van der Waals surface area contributed by atoms with Crippen molar-refractivity contribution in [2.75, 3.05) is 0 Å². The fourth-order valence-electron chi connectivity index (χ4n) is 3.34. The van der Waals surface area contributed by atoms with Gasteiger partial charge in [0.1, 0.15) is 22.1 Å². The van der Waals surface area contributed by atoms with Crippen molar-refractivity contribution >= 4 is 32.5 Å². The van der Waals surface area contributed by atoms with Crippen molar-refractivity contribution in [1.82, 2.24) is 4.98 Å². The molecule has 4 rings (SSSR count). The Kier molecular flexibility index (Phi) is 4.04. The molecule has 0 saturated carbocycles. The molecule has 132 valence electrons. The van der Waals surface area contributed by atoms with Crippen LogP contribution in [0.2, 0.25) is 0 Å². The second kappa shape index (κ2) is 6.25. The van der Waals surface area contributed by atoms with Gasteiger partial charge >= 0.3 is 0 Å². The number of aryl methyl sites for hydroxylation is 3. The summed E-state index contributed by atoms with van der Waals surface area (Å²) in [6, 6.07) is 9.60. The van der Waals surface area contributed by atoms with E-state index in [1.54, 1.807) is 19.9 Å². The van der Waals surface area contributed by atoms with Crippen LogP contribution in [-0.4, -0.2) is 10.1 Å². The Morgan fingerprint density at radius 1 is 1.23 bits per heavy atom. The number of phenolic OH excluding ortho intramolecular Hbond substituents is 1. The summed E-state index contributed by atoms with van der Waals surface area (Å²) in [6.07, 6.45) is 1.60. The van der Waals surface area contributed by atoms with Crippen LogP contribution in [0.15, 0.2) is 39.5 Å². The zero-order valence-corrected chi connectivity index (χ0v) is 15.7. The van der Waals surface area contributed by atoms with Gasteiger partial charge in [0.15, 0.2) is 0 Å². The highest BCUT2D eigenvalue weighted by Crippen LogP contribution is 2.35. The van der Waals surface area contributed by atoms with Crippen LogP contribution in [0, 0.1) is 13.8 Å². The fourth-order valence-corrected chi connectivity index (χ4v) is 4.40. The first-order valence-corrected chi connectivity index (χ1v) is 9.47. The number of phenols is 1. The molecule has 1 N–H and O–H groups in total. The van der Waals surface area contributed by atoms with E-state index in [0.717, 1.165) is 22.2 Å². The maximum Gasteiger partial charge on any atom is 0.203 e. The minimum absolute atomic E-state index is 0.0942. The van der Waals surface area contributed by atoms with Crippen LogP contribution in [0.3, 0.4) is 0 Å². The van der Waals surface area contributed by atoms with Crippen LogP contribution >= 0.6 is 11.3 Å². The van der Waals surface area contributed by atoms with Crippen LogP contribution < -0.4 is 5.43 Å². The van der Waals surface area contributed by atoms with Gasteiger partial charge < -0.3 is 9.52 Å². The van der Waals surface area contributed by atoms with Crippen LogP contribution in [-0.2, 0) is 6.42 Å². The van der Waals surface area contributed by atoms with Crippen molar-refractivity contribution in [3.05, 3.63) is 57.4 Å². The molecule has 0 bridgehead atoms. The number of para-hydroxylation sites is 1. The Morgan fingerprint density at radius 2 is 2.00 bits per heavy atom. The van der Waals surface area contributed by atoms with Gasteiger partial charge in [-0.05, 0) is 44.0 Å². The van der Waals surface area contributed by atoms with Crippen LogP contribution in [0.1, 0.15) is 30.2 Å². The molecule has 0 aliphatic heterocycles. The van der Waals surface area contributed by atoms with Gasteiger partial charge in [0, 0.05) is 5.56 Å². The molecular formula is C21H19NO3S. The van der Waals surface area contributed by atoms with Gasteiger partial charge in [0.25, 0.3) is 0 Å². The molecule has 26 heavy (non-hydrogen) atoms. The van der Waals surface area contributed by atoms with Crippen LogP contribution in [0.4, 0.5) is 0 Å². The van der Waals surface area contributed by atoms with Crippen LogP contribution in [0.5, 0.6) is 5.75 Å². The third-order valence-corrected chi connectivity index (χ3v) is 5.72. The summed E-state index contributed by atoms with van der Waals surface area (Å²) in [5.74, 6) is 0.738. The largest absolute Gasteiger partial charge is 0.507 e. The molecule has 5 heteroatoms. The molecule has 0 amide bonds. The third-order valence-electron chi connectivity index (χ3n) is 4.67. The molecule has 0 fully saturated rings. The molecular weight excluding hydrogens is 346 g/mol. The van der Waals surface area contributed by atoms with Gasteiger partial charge in [0.2, 0.25) is 5.43 Å². The van der Waals surface area contributed by atoms with E-state index in [2.05, 4.69) is 4.98 Å². The summed E-state index contributed by atoms with van der Waals surface area (Å²) in [5.41, 5.74) is 3.13. The van der Waals surface area contributed by atoms with E-state index < -0.39 is 0 Å². The van der Waals surface area contributed by atoms with Gasteiger partial charge in [-0.1, -0.05) is 25.5 Å². The Labute approximate surface area is 154 Å². The lowest BCUT2D eigenvalue weighted by Gasteiger charge is -2.11. The average Bonchev–Trinajstić information content (AvgIpc) is 3.04. The first kappa shape index (κ1) is 16.8. The molecule has 0 atom stereocenters. The maximum atomic E-state index is 13.3. The van der Waals surface area contributed by atoms with E-state index >= 15 is 0 Å². The summed E-state index contributed by atoms with van der Waals surface area (Å²) in [6.45, 7) is 5.61. The molecule has 0 radical (unpaired) electrons. The quantitative estimate of drug-likeness (QED) is 0.532. The first-order valence-electron chi connectivity index (χ1n) is 8.66. The highest BCUT2D eigenvalue weighted by atomic mass is 32.1. The topological polar surface area (TPSA) is 63.3 Å². The van der Waals surface area contributed by atoms with Crippen molar-refractivity contribution in [2.45, 2.75) is 33.6 Å². The fraction of sp³-hybridized carbons (Fsp3) is 0.238. The van der Waals surface area contributed by atoms with E-state index in [1.807, 2.05) is 31.2 Å². The van der Waals surface area contributed by atoms with Gasteiger partial charge in [-0.25, -0.2) is 4.98 Å². The number of aromatic hydroxyl groups is 1. The summed E-state index contributed by atoms with van der Waals surface area (Å²) < 4.78 is 7.01. The second-order valence-electron chi connectivity index (χ2n) is 6.49. The standard InChI is InChI=1S/C21H19NO3S/c1-4-7-13-10-14-19(24)17(12(3)25-20(14)11(2)18(13)23)21-22-15-8-5-6-9-16(15)26-21/h5-6,8-10,23H,4,7H2,1-3H3. The van der Waals surface area contributed by atoms with Gasteiger partial charge in [0.05, 0.1) is 21.2 Å². The number of thiazole rings is 1. The minimum Gasteiger partial charge on any atom is -0.507 e. The summed E-state index contributed by atoms with van der Waals surface area (Å²) in [4.78, 5) is 17.9. The Balaban J connectivity index is 2.04. The lowest BCUT2D eigenvalue weighted by Crippen LogP contribution is -2.09. The van der Waals surface area contributed by atoms with Crippen molar-refractivity contribution in [2.24, 2.45) is 0 Å². The zero-order valence-electron chi connectivity index (χ0n) is 14.9. The number of fused-ring (bicyclic) bond motifs is 2. The molecule has 2 heterocycles. The third kappa shape index (κ3) is 2.51. The predicted molar refractivity (Wildman–Crippen MR) is 106 cm³/mol. The highest BCUT2D eigenvalue weighted by molar-refractivity contribution is 7.21. The highest BCUT2D eigenvalue weighted by Gasteiger charge is 2.20. The number of aromatic nitrogens is 1. The van der Waals surface area contributed by atoms with Gasteiger partial charge in [-0.2, -0.15) is 0 Å². The van der Waals surface area contributed by atoms with Gasteiger partial charge in [-0.3, -0.25) is 4.79 Å². The number of nitrogens with zero attached hydrogens (tertiary/aromatic N) is 1. The Bertz CT molecular complexity index is 1170. The molecule has 4 aromatic rings. The number of benzene rings is 2. The van der Waals surface area contributed by atoms with E-state index in [1.165, 1.54) is 11.3 Å². The molecule has 0 aliphatic rings. The zero-order chi connectivity index (χ0) is 18.4. The smallest absolute Gasteiger partial charge is 0.203 e. The number of hydrogen-bond donors (Lipinski definition) is 1. The molecule has 0 unspecified atom stereocenters. The molecule has 0 aliphatic carbocycles. The van der Waals surface area contributed by atoms with Crippen LogP contribution in [0.25, 0.3) is 31.8 Å². The molecule has 4 nitrogen and oxygen atoms in total. The second-order valence-corrected chi connectivity index (χ2v) is 7.52. The molecule has 0 spiro atoms. The van der Waals surface area contributed by atoms with E-state index in [0.29, 0.717) is 39.3 Å².